The summed E-state index contributed by atoms with van der Waals surface area (Å²) < 4.78 is 39.9. The Bertz CT molecular complexity index is 1190. The number of nitrogens with zero attached hydrogens (tertiary/aromatic N) is 1. The molecule has 1 fully saturated rings. The van der Waals surface area contributed by atoms with E-state index in [-0.39, 0.29) is 24.0 Å². The fourth-order valence-electron chi connectivity index (χ4n) is 4.50. The number of β-amino-alcohol motifs (C(OH)–C–C–N with tert-alkyl or cyclic N) is 1. The molecule has 0 aliphatic carbocycles. The summed E-state index contributed by atoms with van der Waals surface area (Å²) in [7, 11) is -3.82. The van der Waals surface area contributed by atoms with Crippen LogP contribution in [0.3, 0.4) is 0 Å². The molecule has 0 amide bonds. The molecule has 8 nitrogen and oxygen atoms in total. The van der Waals surface area contributed by atoms with Crippen molar-refractivity contribution < 1.29 is 27.8 Å². The number of hydrogen-bond donors (Lipinski definition) is 2. The first-order chi connectivity index (χ1) is 17.4. The number of carbonyl (C=O) groups is 1. The van der Waals surface area contributed by atoms with Crippen LogP contribution in [0.15, 0.2) is 41.3 Å². The second-order valence-corrected chi connectivity index (χ2v) is 12.3. The second-order valence-electron chi connectivity index (χ2n) is 10.5. The van der Waals surface area contributed by atoms with Crippen LogP contribution in [0.4, 0.5) is 0 Å². The maximum Gasteiger partial charge on any atom is 0.307 e. The molecule has 0 bridgehead atoms. The molecule has 1 saturated heterocycles. The molecular weight excluding hydrogens is 492 g/mol. The molecule has 1 aliphatic rings. The summed E-state index contributed by atoms with van der Waals surface area (Å²) in [5, 5.41) is 9.67. The number of likely N-dealkylation sites (tertiary alicyclic amines) is 1. The van der Waals surface area contributed by atoms with Crippen LogP contribution in [0.5, 0.6) is 5.75 Å². The molecule has 37 heavy (non-hydrogen) atoms. The lowest BCUT2D eigenvalue weighted by atomic mass is 9.96. The fraction of sp³-hybridized carbons (Fsp3) is 0.536. The van der Waals surface area contributed by atoms with E-state index >= 15 is 0 Å². The smallest absolute Gasteiger partial charge is 0.307 e. The SMILES string of the molecule is Cc1c(OCCCN2CC[C@@H](O)C2)cccc1-c1cccc(S(=O)(=O)NCCC(=O)OC(C)(C)C)c1C. The van der Waals surface area contributed by atoms with Gasteiger partial charge < -0.3 is 19.5 Å². The van der Waals surface area contributed by atoms with Gasteiger partial charge in [-0.05, 0) is 81.8 Å². The number of esters is 1. The van der Waals surface area contributed by atoms with Crippen molar-refractivity contribution in [3.63, 3.8) is 0 Å². The summed E-state index contributed by atoms with van der Waals surface area (Å²) in [5.41, 5.74) is 2.66. The zero-order valence-electron chi connectivity index (χ0n) is 22.5. The van der Waals surface area contributed by atoms with Crippen molar-refractivity contribution in [2.45, 2.75) is 70.5 Å². The number of aliphatic hydroxyl groups is 1. The van der Waals surface area contributed by atoms with E-state index in [1.807, 2.05) is 31.2 Å². The monoisotopic (exact) mass is 532 g/mol. The fourth-order valence-corrected chi connectivity index (χ4v) is 5.80. The average molecular weight is 533 g/mol. The Morgan fingerprint density at radius 3 is 2.43 bits per heavy atom. The van der Waals surface area contributed by atoms with Crippen LogP contribution in [0.25, 0.3) is 11.1 Å². The summed E-state index contributed by atoms with van der Waals surface area (Å²) in [6.07, 6.45) is 1.42. The molecule has 2 aromatic carbocycles. The van der Waals surface area contributed by atoms with E-state index in [9.17, 15) is 18.3 Å². The Balaban J connectivity index is 1.67. The van der Waals surface area contributed by atoms with Gasteiger partial charge in [0.25, 0.3) is 0 Å². The molecule has 0 spiro atoms. The quantitative estimate of drug-likeness (QED) is 0.335. The summed E-state index contributed by atoms with van der Waals surface area (Å²) >= 11 is 0. The minimum absolute atomic E-state index is 0.0420. The number of rotatable bonds is 11. The van der Waals surface area contributed by atoms with Crippen molar-refractivity contribution in [1.82, 2.24) is 9.62 Å². The third-order valence-electron chi connectivity index (χ3n) is 6.31. The number of carbonyl (C=O) groups excluding carboxylic acids is 1. The molecule has 204 valence electrons. The lowest BCUT2D eigenvalue weighted by molar-refractivity contribution is -0.154. The van der Waals surface area contributed by atoms with Crippen molar-refractivity contribution >= 4 is 16.0 Å². The normalized spacial score (nSPS) is 16.6. The average Bonchev–Trinajstić information content (AvgIpc) is 3.21. The van der Waals surface area contributed by atoms with Crippen LogP contribution in [0.2, 0.25) is 0 Å². The van der Waals surface area contributed by atoms with Crippen LogP contribution in [0, 0.1) is 13.8 Å². The van der Waals surface area contributed by atoms with E-state index in [4.69, 9.17) is 9.47 Å². The Morgan fingerprint density at radius 2 is 1.78 bits per heavy atom. The van der Waals surface area contributed by atoms with Crippen LogP contribution in [-0.4, -0.2) is 68.9 Å². The first-order valence-electron chi connectivity index (χ1n) is 12.8. The highest BCUT2D eigenvalue weighted by molar-refractivity contribution is 7.89. The first-order valence-corrected chi connectivity index (χ1v) is 14.3. The number of sulfonamides is 1. The van der Waals surface area contributed by atoms with Gasteiger partial charge in [-0.25, -0.2) is 13.1 Å². The molecule has 2 N–H and O–H groups in total. The molecule has 0 radical (unpaired) electrons. The van der Waals surface area contributed by atoms with E-state index in [1.165, 1.54) is 0 Å². The van der Waals surface area contributed by atoms with Gasteiger partial charge in [0, 0.05) is 26.2 Å². The van der Waals surface area contributed by atoms with E-state index in [0.29, 0.717) is 12.2 Å². The number of aliphatic hydroxyl groups excluding tert-OH is 1. The van der Waals surface area contributed by atoms with Gasteiger partial charge in [-0.1, -0.05) is 24.3 Å². The van der Waals surface area contributed by atoms with Crippen molar-refractivity contribution in [1.29, 1.82) is 0 Å². The molecule has 3 rings (SSSR count). The first kappa shape index (κ1) is 29.1. The van der Waals surface area contributed by atoms with Gasteiger partial charge in [0.2, 0.25) is 10.0 Å². The number of benzene rings is 2. The minimum Gasteiger partial charge on any atom is -0.493 e. The molecule has 0 saturated carbocycles. The van der Waals surface area contributed by atoms with Gasteiger partial charge in [0.15, 0.2) is 0 Å². The number of hydrogen-bond acceptors (Lipinski definition) is 7. The topological polar surface area (TPSA) is 105 Å². The molecule has 2 aromatic rings. The molecular formula is C28H40N2O6S. The molecule has 1 atom stereocenters. The van der Waals surface area contributed by atoms with E-state index in [1.54, 1.807) is 39.8 Å². The Labute approximate surface area is 221 Å². The van der Waals surface area contributed by atoms with Crippen molar-refractivity contribution in [2.75, 3.05) is 32.8 Å². The summed E-state index contributed by atoms with van der Waals surface area (Å²) in [6, 6.07) is 11.0. The van der Waals surface area contributed by atoms with Gasteiger partial charge in [0.1, 0.15) is 11.4 Å². The van der Waals surface area contributed by atoms with Gasteiger partial charge in [-0.15, -0.1) is 0 Å². The molecule has 1 heterocycles. The number of nitrogens with one attached hydrogen (secondary N) is 1. The maximum absolute atomic E-state index is 13.1. The molecule has 0 unspecified atom stereocenters. The standard InChI is InChI=1S/C28H40N2O6S/c1-20-23(9-6-11-25(20)35-18-8-16-30-17-14-22(31)19-30)24-10-7-12-26(21(24)2)37(33,34)29-15-13-27(32)36-28(3,4)5/h6-7,9-12,22,29,31H,8,13-19H2,1-5H3/t22-/m1/s1. The molecule has 1 aliphatic heterocycles. The van der Waals surface area contributed by atoms with Gasteiger partial charge >= 0.3 is 5.97 Å². The predicted molar refractivity (Wildman–Crippen MR) is 144 cm³/mol. The van der Waals surface area contributed by atoms with Crippen LogP contribution >= 0.6 is 0 Å². The largest absolute Gasteiger partial charge is 0.493 e. The highest BCUT2D eigenvalue weighted by atomic mass is 32.2. The van der Waals surface area contributed by atoms with E-state index in [2.05, 4.69) is 9.62 Å². The number of ether oxygens (including phenoxy) is 2. The van der Waals surface area contributed by atoms with Gasteiger partial charge in [-0.3, -0.25) is 4.79 Å². The minimum atomic E-state index is -3.82. The van der Waals surface area contributed by atoms with Gasteiger partial charge in [0.05, 0.1) is 24.0 Å². The summed E-state index contributed by atoms with van der Waals surface area (Å²) in [6.45, 7) is 12.1. The third-order valence-corrected chi connectivity index (χ3v) is 7.92. The highest BCUT2D eigenvalue weighted by Crippen LogP contribution is 2.34. The van der Waals surface area contributed by atoms with E-state index < -0.39 is 21.6 Å². The lowest BCUT2D eigenvalue weighted by Crippen LogP contribution is -2.30. The Morgan fingerprint density at radius 1 is 1.11 bits per heavy atom. The summed E-state index contributed by atoms with van der Waals surface area (Å²) in [5.74, 6) is 0.313. The van der Waals surface area contributed by atoms with Crippen LogP contribution < -0.4 is 9.46 Å². The highest BCUT2D eigenvalue weighted by Gasteiger charge is 2.22. The van der Waals surface area contributed by atoms with Crippen molar-refractivity contribution in [3.8, 4) is 16.9 Å². The van der Waals surface area contributed by atoms with Crippen molar-refractivity contribution in [2.24, 2.45) is 0 Å². The zero-order valence-corrected chi connectivity index (χ0v) is 23.4. The van der Waals surface area contributed by atoms with Gasteiger partial charge in [-0.2, -0.15) is 0 Å². The Hall–Kier alpha value is -2.46. The maximum atomic E-state index is 13.1. The lowest BCUT2D eigenvalue weighted by Gasteiger charge is -2.19. The third kappa shape index (κ3) is 8.26. The predicted octanol–water partition coefficient (Wildman–Crippen LogP) is 3.82. The second kappa shape index (κ2) is 12.4. The molecule has 9 heteroatoms. The summed E-state index contributed by atoms with van der Waals surface area (Å²) in [4.78, 5) is 14.4. The Kier molecular flexibility index (Phi) is 9.74. The van der Waals surface area contributed by atoms with E-state index in [0.717, 1.165) is 54.9 Å². The zero-order chi connectivity index (χ0) is 27.2. The van der Waals surface area contributed by atoms with Crippen LogP contribution in [-0.2, 0) is 19.6 Å². The molecule has 0 aromatic heterocycles. The van der Waals surface area contributed by atoms with Crippen molar-refractivity contribution in [3.05, 3.63) is 47.5 Å². The van der Waals surface area contributed by atoms with Crippen LogP contribution in [0.1, 0.15) is 51.2 Å².